The van der Waals surface area contributed by atoms with Crippen molar-refractivity contribution in [3.63, 3.8) is 0 Å². The first-order chi connectivity index (χ1) is 10.0. The van der Waals surface area contributed by atoms with Gasteiger partial charge in [-0.3, -0.25) is 9.69 Å². The van der Waals surface area contributed by atoms with Crippen molar-refractivity contribution in [1.29, 1.82) is 0 Å². The lowest BCUT2D eigenvalue weighted by Crippen LogP contribution is -2.42. The Labute approximate surface area is 128 Å². The van der Waals surface area contributed by atoms with Crippen LogP contribution in [0.2, 0.25) is 0 Å². The van der Waals surface area contributed by atoms with Gasteiger partial charge >= 0.3 is 0 Å². The van der Waals surface area contributed by atoms with E-state index in [1.165, 1.54) is 0 Å². The van der Waals surface area contributed by atoms with Crippen molar-refractivity contribution in [3.8, 4) is 0 Å². The Bertz CT molecular complexity index is 436. The van der Waals surface area contributed by atoms with Crippen LogP contribution >= 0.6 is 0 Å². The van der Waals surface area contributed by atoms with Crippen molar-refractivity contribution in [2.75, 3.05) is 25.0 Å². The Hall–Kier alpha value is -1.39. The van der Waals surface area contributed by atoms with Gasteiger partial charge in [-0.2, -0.15) is 0 Å². The van der Waals surface area contributed by atoms with Gasteiger partial charge in [-0.25, -0.2) is 0 Å². The quantitative estimate of drug-likeness (QED) is 0.774. The first-order valence-corrected chi connectivity index (χ1v) is 7.74. The third-order valence-electron chi connectivity index (χ3n) is 3.94. The number of benzene rings is 1. The summed E-state index contributed by atoms with van der Waals surface area (Å²) < 4.78 is 0. The molecule has 0 atom stereocenters. The monoisotopic (exact) mass is 292 g/mol. The van der Waals surface area contributed by atoms with Gasteiger partial charge in [-0.1, -0.05) is 32.0 Å². The number of aliphatic hydroxyl groups excluding tert-OH is 1. The molecule has 0 unspecified atom stereocenters. The number of hydrogen-bond acceptors (Lipinski definition) is 3. The number of rotatable bonds is 8. The third-order valence-corrected chi connectivity index (χ3v) is 3.94. The lowest BCUT2D eigenvalue weighted by atomic mass is 10.1. The summed E-state index contributed by atoms with van der Waals surface area (Å²) in [7, 11) is 0. The Kier molecular flexibility index (Phi) is 7.40. The summed E-state index contributed by atoms with van der Waals surface area (Å²) in [6, 6.07) is 6.31. The van der Waals surface area contributed by atoms with E-state index in [2.05, 4.69) is 24.1 Å². The molecule has 0 aliphatic heterocycles. The number of para-hydroxylation sites is 1. The van der Waals surface area contributed by atoms with E-state index in [9.17, 15) is 9.90 Å². The van der Waals surface area contributed by atoms with E-state index in [-0.39, 0.29) is 12.5 Å². The zero-order chi connectivity index (χ0) is 15.8. The third kappa shape index (κ3) is 5.14. The standard InChI is InChI=1S/C17H28N2O2/c1-5-15(6-2)19(10-11-20)12-16(21)18-17-13(3)8-7-9-14(17)4/h7-9,15,20H,5-6,10-12H2,1-4H3,(H,18,21). The molecule has 4 heteroatoms. The van der Waals surface area contributed by atoms with Crippen LogP contribution in [0.5, 0.6) is 0 Å². The summed E-state index contributed by atoms with van der Waals surface area (Å²) in [6.45, 7) is 9.15. The zero-order valence-electron chi connectivity index (χ0n) is 13.6. The fourth-order valence-corrected chi connectivity index (χ4v) is 2.70. The van der Waals surface area contributed by atoms with Crippen molar-refractivity contribution in [3.05, 3.63) is 29.3 Å². The highest BCUT2D eigenvalue weighted by atomic mass is 16.3. The van der Waals surface area contributed by atoms with Crippen LogP contribution in [0.15, 0.2) is 18.2 Å². The molecule has 2 N–H and O–H groups in total. The second kappa shape index (κ2) is 8.80. The smallest absolute Gasteiger partial charge is 0.238 e. The van der Waals surface area contributed by atoms with Gasteiger partial charge in [-0.15, -0.1) is 0 Å². The van der Waals surface area contributed by atoms with Crippen molar-refractivity contribution in [2.45, 2.75) is 46.6 Å². The van der Waals surface area contributed by atoms with Gasteiger partial charge in [0.2, 0.25) is 5.91 Å². The number of carbonyl (C=O) groups excluding carboxylic acids is 1. The molecule has 4 nitrogen and oxygen atoms in total. The van der Waals surface area contributed by atoms with Gasteiger partial charge in [0.25, 0.3) is 0 Å². The van der Waals surface area contributed by atoms with Gasteiger partial charge in [-0.05, 0) is 37.8 Å². The van der Waals surface area contributed by atoms with Crippen molar-refractivity contribution < 1.29 is 9.90 Å². The molecular weight excluding hydrogens is 264 g/mol. The maximum absolute atomic E-state index is 12.3. The number of aliphatic hydroxyl groups is 1. The summed E-state index contributed by atoms with van der Waals surface area (Å²) in [6.07, 6.45) is 1.96. The maximum atomic E-state index is 12.3. The van der Waals surface area contributed by atoms with E-state index in [0.29, 0.717) is 19.1 Å². The largest absolute Gasteiger partial charge is 0.395 e. The SMILES string of the molecule is CCC(CC)N(CCO)CC(=O)Nc1c(C)cccc1C. The first-order valence-electron chi connectivity index (χ1n) is 7.74. The molecule has 0 aromatic heterocycles. The molecular formula is C17H28N2O2. The minimum atomic E-state index is -0.0206. The fourth-order valence-electron chi connectivity index (χ4n) is 2.70. The normalized spacial score (nSPS) is 11.2. The lowest BCUT2D eigenvalue weighted by Gasteiger charge is -2.29. The van der Waals surface area contributed by atoms with Crippen molar-refractivity contribution >= 4 is 11.6 Å². The molecule has 0 radical (unpaired) electrons. The van der Waals surface area contributed by atoms with Crippen LogP contribution < -0.4 is 5.32 Å². The zero-order valence-corrected chi connectivity index (χ0v) is 13.6. The molecule has 118 valence electrons. The summed E-state index contributed by atoms with van der Waals surface area (Å²) in [4.78, 5) is 14.4. The average molecular weight is 292 g/mol. The van der Waals surface area contributed by atoms with Crippen LogP contribution in [0.1, 0.15) is 37.8 Å². The molecule has 0 heterocycles. The van der Waals surface area contributed by atoms with E-state index in [4.69, 9.17) is 0 Å². The van der Waals surface area contributed by atoms with Crippen LogP contribution in [0.3, 0.4) is 0 Å². The second-order valence-corrected chi connectivity index (χ2v) is 5.48. The highest BCUT2D eigenvalue weighted by Crippen LogP contribution is 2.19. The molecule has 1 aromatic rings. The molecule has 1 rings (SSSR count). The number of carbonyl (C=O) groups is 1. The van der Waals surface area contributed by atoms with E-state index < -0.39 is 0 Å². The molecule has 0 spiro atoms. The van der Waals surface area contributed by atoms with E-state index in [1.54, 1.807) is 0 Å². The van der Waals surface area contributed by atoms with Gasteiger partial charge in [0.1, 0.15) is 0 Å². The van der Waals surface area contributed by atoms with Gasteiger partial charge < -0.3 is 10.4 Å². The number of aryl methyl sites for hydroxylation is 2. The molecule has 1 amide bonds. The Morgan fingerprint density at radius 1 is 1.24 bits per heavy atom. The minimum absolute atomic E-state index is 0.0206. The molecule has 0 bridgehead atoms. The molecule has 1 aromatic carbocycles. The van der Waals surface area contributed by atoms with Crippen LogP contribution in [0, 0.1) is 13.8 Å². The van der Waals surface area contributed by atoms with Gasteiger partial charge in [0.15, 0.2) is 0 Å². The van der Waals surface area contributed by atoms with Crippen molar-refractivity contribution in [1.82, 2.24) is 4.90 Å². The minimum Gasteiger partial charge on any atom is -0.395 e. The Morgan fingerprint density at radius 3 is 2.29 bits per heavy atom. The summed E-state index contributed by atoms with van der Waals surface area (Å²) in [5.74, 6) is -0.0206. The number of nitrogens with zero attached hydrogens (tertiary/aromatic N) is 1. The predicted octanol–water partition coefficient (Wildman–Crippen LogP) is 2.72. The molecule has 0 saturated carbocycles. The first kappa shape index (κ1) is 17.7. The van der Waals surface area contributed by atoms with Gasteiger partial charge in [0, 0.05) is 18.3 Å². The number of anilines is 1. The topological polar surface area (TPSA) is 52.6 Å². The molecule has 0 saturated heterocycles. The highest BCUT2D eigenvalue weighted by Gasteiger charge is 2.18. The van der Waals surface area contributed by atoms with Gasteiger partial charge in [0.05, 0.1) is 13.2 Å². The maximum Gasteiger partial charge on any atom is 0.238 e. The number of hydrogen-bond donors (Lipinski definition) is 2. The molecule has 0 aliphatic rings. The lowest BCUT2D eigenvalue weighted by molar-refractivity contribution is -0.118. The number of nitrogens with one attached hydrogen (secondary N) is 1. The number of amides is 1. The van der Waals surface area contributed by atoms with E-state index >= 15 is 0 Å². The molecule has 0 aliphatic carbocycles. The summed E-state index contributed by atoms with van der Waals surface area (Å²) in [5, 5.41) is 12.2. The average Bonchev–Trinajstić information content (AvgIpc) is 2.44. The summed E-state index contributed by atoms with van der Waals surface area (Å²) >= 11 is 0. The van der Waals surface area contributed by atoms with E-state index in [1.807, 2.05) is 32.0 Å². The van der Waals surface area contributed by atoms with E-state index in [0.717, 1.165) is 29.7 Å². The Morgan fingerprint density at radius 2 is 1.81 bits per heavy atom. The van der Waals surface area contributed by atoms with Crippen LogP contribution in [0.25, 0.3) is 0 Å². The van der Waals surface area contributed by atoms with Crippen molar-refractivity contribution in [2.24, 2.45) is 0 Å². The second-order valence-electron chi connectivity index (χ2n) is 5.48. The van der Waals surface area contributed by atoms with Crippen LogP contribution in [-0.4, -0.2) is 41.7 Å². The van der Waals surface area contributed by atoms with Crippen LogP contribution in [0.4, 0.5) is 5.69 Å². The summed E-state index contributed by atoms with van der Waals surface area (Å²) in [5.41, 5.74) is 3.04. The fraction of sp³-hybridized carbons (Fsp3) is 0.588. The molecule has 0 fully saturated rings. The highest BCUT2D eigenvalue weighted by molar-refractivity contribution is 5.93. The predicted molar refractivity (Wildman–Crippen MR) is 87.6 cm³/mol. The Balaban J connectivity index is 2.74. The molecule has 21 heavy (non-hydrogen) atoms. The van der Waals surface area contributed by atoms with Crippen LogP contribution in [-0.2, 0) is 4.79 Å².